The maximum atomic E-state index is 10.8. The van der Waals surface area contributed by atoms with E-state index in [1.807, 2.05) is 36.4 Å². The number of nitrogens with two attached hydrogens (primary N) is 1. The largest absolute Gasteiger partial charge is 0.368 e. The van der Waals surface area contributed by atoms with Crippen LogP contribution >= 0.6 is 0 Å². The number of anilines is 2. The van der Waals surface area contributed by atoms with Crippen LogP contribution < -0.4 is 11.1 Å². The first-order chi connectivity index (χ1) is 11.2. The SMILES string of the molecule is CCCc1nc(N)nc2ccc(-c3ccccc3NC=O)nc12. The van der Waals surface area contributed by atoms with Gasteiger partial charge in [0.2, 0.25) is 12.4 Å². The summed E-state index contributed by atoms with van der Waals surface area (Å²) < 4.78 is 0. The highest BCUT2D eigenvalue weighted by molar-refractivity contribution is 5.87. The van der Waals surface area contributed by atoms with E-state index in [0.29, 0.717) is 12.1 Å². The van der Waals surface area contributed by atoms with Crippen molar-refractivity contribution in [3.63, 3.8) is 0 Å². The molecule has 3 aromatic rings. The standard InChI is InChI=1S/C17H17N5O/c1-2-5-14-16-15(22-17(18)21-14)9-8-13(20-16)11-6-3-4-7-12(11)19-10-23/h3-4,6-10H,2,5H2,1H3,(H,19,23)(H2,18,21,22). The Hall–Kier alpha value is -3.02. The average Bonchev–Trinajstić information content (AvgIpc) is 2.56. The Balaban J connectivity index is 2.18. The van der Waals surface area contributed by atoms with Crippen LogP contribution in [-0.2, 0) is 11.2 Å². The molecule has 0 unspecified atom stereocenters. The van der Waals surface area contributed by atoms with Gasteiger partial charge in [-0.3, -0.25) is 4.79 Å². The zero-order valence-electron chi connectivity index (χ0n) is 12.8. The molecule has 0 bridgehead atoms. The number of pyridine rings is 1. The molecule has 116 valence electrons. The lowest BCUT2D eigenvalue weighted by Crippen LogP contribution is -2.03. The lowest BCUT2D eigenvalue weighted by molar-refractivity contribution is -0.105. The smallest absolute Gasteiger partial charge is 0.220 e. The van der Waals surface area contributed by atoms with Gasteiger partial charge >= 0.3 is 0 Å². The number of nitrogen functional groups attached to an aromatic ring is 1. The van der Waals surface area contributed by atoms with Gasteiger partial charge in [-0.25, -0.2) is 15.0 Å². The van der Waals surface area contributed by atoms with Crippen LogP contribution in [0.1, 0.15) is 19.0 Å². The summed E-state index contributed by atoms with van der Waals surface area (Å²) in [6.07, 6.45) is 2.39. The first-order valence-corrected chi connectivity index (χ1v) is 7.45. The minimum atomic E-state index is 0.263. The van der Waals surface area contributed by atoms with Crippen LogP contribution in [0.15, 0.2) is 36.4 Å². The summed E-state index contributed by atoms with van der Waals surface area (Å²) in [6, 6.07) is 11.3. The number of para-hydroxylation sites is 1. The number of amides is 1. The molecule has 23 heavy (non-hydrogen) atoms. The van der Waals surface area contributed by atoms with Crippen molar-refractivity contribution in [2.24, 2.45) is 0 Å². The minimum Gasteiger partial charge on any atom is -0.368 e. The molecular formula is C17H17N5O. The molecule has 1 amide bonds. The van der Waals surface area contributed by atoms with Crippen LogP contribution in [0.25, 0.3) is 22.3 Å². The molecule has 0 aliphatic rings. The van der Waals surface area contributed by atoms with E-state index in [-0.39, 0.29) is 5.95 Å². The Morgan fingerprint density at radius 3 is 2.74 bits per heavy atom. The van der Waals surface area contributed by atoms with Gasteiger partial charge in [0.25, 0.3) is 0 Å². The van der Waals surface area contributed by atoms with Crippen LogP contribution in [0.3, 0.4) is 0 Å². The third-order valence-electron chi connectivity index (χ3n) is 3.54. The molecule has 6 nitrogen and oxygen atoms in total. The number of carbonyl (C=O) groups excluding carboxylic acids is 1. The van der Waals surface area contributed by atoms with Gasteiger partial charge in [-0.15, -0.1) is 0 Å². The average molecular weight is 307 g/mol. The van der Waals surface area contributed by atoms with E-state index in [4.69, 9.17) is 10.7 Å². The summed E-state index contributed by atoms with van der Waals surface area (Å²) >= 11 is 0. The van der Waals surface area contributed by atoms with Gasteiger partial charge in [0.05, 0.1) is 16.9 Å². The van der Waals surface area contributed by atoms with Crippen molar-refractivity contribution in [3.8, 4) is 11.3 Å². The molecule has 6 heteroatoms. The number of carbonyl (C=O) groups is 1. The molecule has 2 heterocycles. The van der Waals surface area contributed by atoms with Gasteiger partial charge in [0.15, 0.2) is 0 Å². The molecular weight excluding hydrogens is 290 g/mol. The van der Waals surface area contributed by atoms with E-state index in [0.717, 1.165) is 40.8 Å². The summed E-state index contributed by atoms with van der Waals surface area (Å²) in [7, 11) is 0. The monoisotopic (exact) mass is 307 g/mol. The predicted molar refractivity (Wildman–Crippen MR) is 90.9 cm³/mol. The number of benzene rings is 1. The topological polar surface area (TPSA) is 93.8 Å². The number of nitrogens with zero attached hydrogens (tertiary/aromatic N) is 3. The summed E-state index contributed by atoms with van der Waals surface area (Å²) in [5.41, 5.74) is 10.4. The van der Waals surface area contributed by atoms with E-state index < -0.39 is 0 Å². The Labute approximate surface area is 133 Å². The molecule has 0 saturated heterocycles. The fourth-order valence-corrected chi connectivity index (χ4v) is 2.55. The second kappa shape index (κ2) is 6.39. The Bertz CT molecular complexity index is 863. The lowest BCUT2D eigenvalue weighted by atomic mass is 10.1. The molecule has 0 radical (unpaired) electrons. The fourth-order valence-electron chi connectivity index (χ4n) is 2.55. The number of rotatable bonds is 5. The summed E-state index contributed by atoms with van der Waals surface area (Å²) in [5.74, 6) is 0.263. The van der Waals surface area contributed by atoms with E-state index in [9.17, 15) is 4.79 Å². The molecule has 2 aromatic heterocycles. The van der Waals surface area contributed by atoms with Gasteiger partial charge in [0.1, 0.15) is 5.52 Å². The molecule has 0 fully saturated rings. The number of fused-ring (bicyclic) bond motifs is 1. The van der Waals surface area contributed by atoms with E-state index in [1.54, 1.807) is 0 Å². The number of hydrogen-bond donors (Lipinski definition) is 2. The van der Waals surface area contributed by atoms with Crippen molar-refractivity contribution in [1.82, 2.24) is 15.0 Å². The maximum absolute atomic E-state index is 10.8. The van der Waals surface area contributed by atoms with E-state index >= 15 is 0 Å². The van der Waals surface area contributed by atoms with Gasteiger partial charge < -0.3 is 11.1 Å². The van der Waals surface area contributed by atoms with Crippen molar-refractivity contribution in [3.05, 3.63) is 42.1 Å². The van der Waals surface area contributed by atoms with E-state index in [2.05, 4.69) is 22.2 Å². The summed E-state index contributed by atoms with van der Waals surface area (Å²) in [5, 5.41) is 2.70. The molecule has 0 aliphatic carbocycles. The highest BCUT2D eigenvalue weighted by atomic mass is 16.1. The van der Waals surface area contributed by atoms with Crippen LogP contribution in [0, 0.1) is 0 Å². The molecule has 3 N–H and O–H groups in total. The zero-order valence-corrected chi connectivity index (χ0v) is 12.8. The fraction of sp³-hybridized carbons (Fsp3) is 0.176. The third kappa shape index (κ3) is 2.96. The molecule has 0 spiro atoms. The van der Waals surface area contributed by atoms with Gasteiger partial charge in [-0.1, -0.05) is 31.5 Å². The Kier molecular flexibility index (Phi) is 4.14. The zero-order chi connectivity index (χ0) is 16.2. The number of aromatic nitrogens is 3. The second-order valence-corrected chi connectivity index (χ2v) is 5.15. The van der Waals surface area contributed by atoms with Crippen LogP contribution in [0.2, 0.25) is 0 Å². The highest BCUT2D eigenvalue weighted by Gasteiger charge is 2.11. The quantitative estimate of drug-likeness (QED) is 0.707. The van der Waals surface area contributed by atoms with Gasteiger partial charge in [0, 0.05) is 11.3 Å². The van der Waals surface area contributed by atoms with Crippen molar-refractivity contribution in [2.75, 3.05) is 11.1 Å². The molecule has 0 aliphatic heterocycles. The second-order valence-electron chi connectivity index (χ2n) is 5.15. The van der Waals surface area contributed by atoms with Crippen molar-refractivity contribution >= 4 is 29.1 Å². The lowest BCUT2D eigenvalue weighted by Gasteiger charge is -2.10. The summed E-state index contributed by atoms with van der Waals surface area (Å²) in [4.78, 5) is 24.1. The number of hydrogen-bond acceptors (Lipinski definition) is 5. The first-order valence-electron chi connectivity index (χ1n) is 7.45. The van der Waals surface area contributed by atoms with Crippen molar-refractivity contribution < 1.29 is 4.79 Å². The molecule has 1 aromatic carbocycles. The normalized spacial score (nSPS) is 10.7. The first kappa shape index (κ1) is 14.9. The molecule has 3 rings (SSSR count). The van der Waals surface area contributed by atoms with Crippen molar-refractivity contribution in [1.29, 1.82) is 0 Å². The van der Waals surface area contributed by atoms with Crippen LogP contribution in [0.5, 0.6) is 0 Å². The van der Waals surface area contributed by atoms with Gasteiger partial charge in [-0.2, -0.15) is 0 Å². The number of aryl methyl sites for hydroxylation is 1. The Morgan fingerprint density at radius 1 is 1.13 bits per heavy atom. The highest BCUT2D eigenvalue weighted by Crippen LogP contribution is 2.28. The summed E-state index contributed by atoms with van der Waals surface area (Å²) in [6.45, 7) is 2.08. The molecule has 0 atom stereocenters. The van der Waals surface area contributed by atoms with Crippen LogP contribution in [-0.4, -0.2) is 21.4 Å². The Morgan fingerprint density at radius 2 is 1.96 bits per heavy atom. The third-order valence-corrected chi connectivity index (χ3v) is 3.54. The predicted octanol–water partition coefficient (Wildman–Crippen LogP) is 2.79. The van der Waals surface area contributed by atoms with Crippen molar-refractivity contribution in [2.45, 2.75) is 19.8 Å². The minimum absolute atomic E-state index is 0.263. The van der Waals surface area contributed by atoms with E-state index in [1.165, 1.54) is 0 Å². The van der Waals surface area contributed by atoms with Gasteiger partial charge in [-0.05, 0) is 24.6 Å². The van der Waals surface area contributed by atoms with Crippen LogP contribution in [0.4, 0.5) is 11.6 Å². The number of nitrogens with one attached hydrogen (secondary N) is 1. The molecule has 0 saturated carbocycles. The maximum Gasteiger partial charge on any atom is 0.220 e.